The van der Waals surface area contributed by atoms with Gasteiger partial charge in [-0.1, -0.05) is 70.3 Å². The van der Waals surface area contributed by atoms with Crippen LogP contribution in [0.15, 0.2) is 82.2 Å². The topological polar surface area (TPSA) is 86.8 Å². The SMILES string of the molecule is CC[C@@H](C)NC(=O)[C@@H](C)N(Cc1ccccc1Cl)C(=O)CN(c1ccc(Br)cc1)S(=O)(=O)c1ccc(C)cc1. The zero-order chi connectivity index (χ0) is 28.7. The van der Waals surface area contributed by atoms with Crippen molar-refractivity contribution in [1.29, 1.82) is 0 Å². The van der Waals surface area contributed by atoms with Crippen LogP contribution in [0.25, 0.3) is 0 Å². The molecule has 0 spiro atoms. The Bertz CT molecular complexity index is 1400. The monoisotopic (exact) mass is 633 g/mol. The number of hydrogen-bond donors (Lipinski definition) is 1. The van der Waals surface area contributed by atoms with Gasteiger partial charge in [-0.05, 0) is 75.2 Å². The fourth-order valence-corrected chi connectivity index (χ4v) is 5.71. The molecule has 0 heterocycles. The zero-order valence-electron chi connectivity index (χ0n) is 22.4. The van der Waals surface area contributed by atoms with E-state index >= 15 is 0 Å². The van der Waals surface area contributed by atoms with Gasteiger partial charge < -0.3 is 10.2 Å². The lowest BCUT2D eigenvalue weighted by Gasteiger charge is -2.32. The Morgan fingerprint density at radius 2 is 1.59 bits per heavy atom. The molecule has 0 saturated heterocycles. The number of benzene rings is 3. The highest BCUT2D eigenvalue weighted by atomic mass is 79.9. The van der Waals surface area contributed by atoms with Crippen molar-refractivity contribution in [3.63, 3.8) is 0 Å². The van der Waals surface area contributed by atoms with Crippen LogP contribution in [0.5, 0.6) is 0 Å². The Morgan fingerprint density at radius 1 is 0.974 bits per heavy atom. The summed E-state index contributed by atoms with van der Waals surface area (Å²) >= 11 is 9.77. The van der Waals surface area contributed by atoms with Crippen molar-refractivity contribution in [2.75, 3.05) is 10.8 Å². The summed E-state index contributed by atoms with van der Waals surface area (Å²) in [5.74, 6) is -0.873. The predicted octanol–water partition coefficient (Wildman–Crippen LogP) is 5.94. The third-order valence-corrected chi connectivity index (χ3v) is 9.15. The van der Waals surface area contributed by atoms with Gasteiger partial charge in [0.25, 0.3) is 10.0 Å². The Morgan fingerprint density at radius 3 is 2.18 bits per heavy atom. The van der Waals surface area contributed by atoms with E-state index in [1.165, 1.54) is 17.0 Å². The highest BCUT2D eigenvalue weighted by molar-refractivity contribution is 9.10. The van der Waals surface area contributed by atoms with Crippen LogP contribution in [-0.2, 0) is 26.2 Å². The van der Waals surface area contributed by atoms with Crippen LogP contribution in [-0.4, -0.2) is 43.8 Å². The number of carbonyl (C=O) groups excluding carboxylic acids is 2. The lowest BCUT2D eigenvalue weighted by atomic mass is 10.1. The average Bonchev–Trinajstić information content (AvgIpc) is 2.91. The van der Waals surface area contributed by atoms with Crippen LogP contribution >= 0.6 is 27.5 Å². The largest absolute Gasteiger partial charge is 0.352 e. The van der Waals surface area contributed by atoms with Crippen LogP contribution in [0.3, 0.4) is 0 Å². The van der Waals surface area contributed by atoms with Crippen molar-refractivity contribution in [3.05, 3.63) is 93.4 Å². The van der Waals surface area contributed by atoms with Crippen LogP contribution in [0.1, 0.15) is 38.3 Å². The Balaban J connectivity index is 2.03. The zero-order valence-corrected chi connectivity index (χ0v) is 25.6. The van der Waals surface area contributed by atoms with Crippen molar-refractivity contribution in [1.82, 2.24) is 10.2 Å². The van der Waals surface area contributed by atoms with E-state index < -0.39 is 28.5 Å². The second kappa shape index (κ2) is 13.5. The van der Waals surface area contributed by atoms with Gasteiger partial charge in [0.05, 0.1) is 10.6 Å². The molecule has 2 amide bonds. The molecule has 3 aromatic rings. The molecule has 0 aliphatic carbocycles. The molecule has 0 aliphatic heterocycles. The number of amides is 2. The minimum Gasteiger partial charge on any atom is -0.352 e. The molecule has 39 heavy (non-hydrogen) atoms. The smallest absolute Gasteiger partial charge is 0.264 e. The molecule has 3 rings (SSSR count). The number of hydrogen-bond acceptors (Lipinski definition) is 4. The Kier molecular flexibility index (Phi) is 10.6. The van der Waals surface area contributed by atoms with E-state index in [1.807, 2.05) is 20.8 Å². The number of rotatable bonds is 11. The second-order valence-electron chi connectivity index (χ2n) is 9.41. The quantitative estimate of drug-likeness (QED) is 0.283. The van der Waals surface area contributed by atoms with Gasteiger partial charge in [-0.3, -0.25) is 13.9 Å². The number of nitrogens with one attached hydrogen (secondary N) is 1. The van der Waals surface area contributed by atoms with Gasteiger partial charge >= 0.3 is 0 Å². The van der Waals surface area contributed by atoms with E-state index in [-0.39, 0.29) is 23.4 Å². The fourth-order valence-electron chi connectivity index (χ4n) is 3.83. The van der Waals surface area contributed by atoms with Crippen LogP contribution in [0.2, 0.25) is 5.02 Å². The van der Waals surface area contributed by atoms with Gasteiger partial charge in [0.15, 0.2) is 0 Å². The van der Waals surface area contributed by atoms with Crippen molar-refractivity contribution in [2.45, 2.75) is 57.6 Å². The van der Waals surface area contributed by atoms with E-state index in [4.69, 9.17) is 11.6 Å². The maximum Gasteiger partial charge on any atom is 0.264 e. The fraction of sp³-hybridized carbons (Fsp3) is 0.310. The van der Waals surface area contributed by atoms with Crippen LogP contribution in [0, 0.1) is 6.92 Å². The van der Waals surface area contributed by atoms with Gasteiger partial charge in [0.1, 0.15) is 12.6 Å². The summed E-state index contributed by atoms with van der Waals surface area (Å²) in [5.41, 5.74) is 1.88. The number of aryl methyl sites for hydroxylation is 1. The molecule has 1 N–H and O–H groups in total. The minimum atomic E-state index is -4.12. The van der Waals surface area contributed by atoms with Crippen molar-refractivity contribution in [2.24, 2.45) is 0 Å². The highest BCUT2D eigenvalue weighted by Crippen LogP contribution is 2.27. The number of nitrogens with zero attached hydrogens (tertiary/aromatic N) is 2. The first-order valence-corrected chi connectivity index (χ1v) is 15.2. The molecule has 10 heteroatoms. The average molecular weight is 635 g/mol. The molecular weight excluding hydrogens is 602 g/mol. The molecule has 0 radical (unpaired) electrons. The molecule has 208 valence electrons. The first-order valence-electron chi connectivity index (χ1n) is 12.6. The van der Waals surface area contributed by atoms with E-state index in [0.29, 0.717) is 16.3 Å². The van der Waals surface area contributed by atoms with Gasteiger partial charge in [-0.25, -0.2) is 8.42 Å². The maximum absolute atomic E-state index is 13.9. The molecule has 0 unspecified atom stereocenters. The molecule has 3 aromatic carbocycles. The van der Waals surface area contributed by atoms with E-state index in [0.717, 1.165) is 20.8 Å². The third-order valence-electron chi connectivity index (χ3n) is 6.47. The van der Waals surface area contributed by atoms with Gasteiger partial charge in [0, 0.05) is 22.1 Å². The summed E-state index contributed by atoms with van der Waals surface area (Å²) < 4.78 is 29.5. The Labute approximate surface area is 244 Å². The lowest BCUT2D eigenvalue weighted by molar-refractivity contribution is -0.139. The summed E-state index contributed by atoms with van der Waals surface area (Å²) in [6, 6.07) is 19.2. The molecule has 0 saturated carbocycles. The number of carbonyl (C=O) groups is 2. The predicted molar refractivity (Wildman–Crippen MR) is 159 cm³/mol. The van der Waals surface area contributed by atoms with Gasteiger partial charge in [-0.15, -0.1) is 0 Å². The second-order valence-corrected chi connectivity index (χ2v) is 12.6. The maximum atomic E-state index is 13.9. The normalized spacial score (nSPS) is 12.9. The van der Waals surface area contributed by atoms with Crippen molar-refractivity contribution >= 4 is 55.1 Å². The number of halogens is 2. The first kappa shape index (κ1) is 30.7. The van der Waals surface area contributed by atoms with E-state index in [1.54, 1.807) is 67.6 Å². The molecule has 0 aromatic heterocycles. The summed E-state index contributed by atoms with van der Waals surface area (Å²) in [7, 11) is -4.12. The minimum absolute atomic E-state index is 0.0341. The summed E-state index contributed by atoms with van der Waals surface area (Å²) in [6.45, 7) is 6.86. The molecule has 2 atom stereocenters. The van der Waals surface area contributed by atoms with Crippen molar-refractivity contribution < 1.29 is 18.0 Å². The summed E-state index contributed by atoms with van der Waals surface area (Å²) in [5, 5.41) is 3.36. The van der Waals surface area contributed by atoms with Crippen molar-refractivity contribution in [3.8, 4) is 0 Å². The van der Waals surface area contributed by atoms with Crippen LogP contribution < -0.4 is 9.62 Å². The molecule has 0 bridgehead atoms. The number of sulfonamides is 1. The van der Waals surface area contributed by atoms with Gasteiger partial charge in [-0.2, -0.15) is 0 Å². The van der Waals surface area contributed by atoms with E-state index in [2.05, 4.69) is 21.2 Å². The third kappa shape index (κ3) is 7.84. The molecule has 0 fully saturated rings. The summed E-state index contributed by atoms with van der Waals surface area (Å²) in [4.78, 5) is 28.5. The number of anilines is 1. The standard InChI is InChI=1S/C29H33BrClN3O4S/c1-5-21(3)32-29(36)22(4)33(18-23-8-6-7-9-27(23)31)28(35)19-34(25-14-12-24(30)13-15-25)39(37,38)26-16-10-20(2)11-17-26/h6-17,21-22H,5,18-19H2,1-4H3,(H,32,36)/t21-,22-/m1/s1. The van der Waals surface area contributed by atoms with Crippen LogP contribution in [0.4, 0.5) is 5.69 Å². The Hall–Kier alpha value is -2.88. The van der Waals surface area contributed by atoms with Gasteiger partial charge in [0.2, 0.25) is 11.8 Å². The molecule has 0 aliphatic rings. The lowest BCUT2D eigenvalue weighted by Crippen LogP contribution is -2.52. The summed E-state index contributed by atoms with van der Waals surface area (Å²) in [6.07, 6.45) is 0.725. The molecular formula is C29H33BrClN3O4S. The molecule has 7 nitrogen and oxygen atoms in total. The van der Waals surface area contributed by atoms with E-state index in [9.17, 15) is 18.0 Å². The first-order chi connectivity index (χ1) is 18.4. The highest BCUT2D eigenvalue weighted by Gasteiger charge is 2.33.